The molecule has 1 aromatic carbocycles. The third-order valence-corrected chi connectivity index (χ3v) is 6.85. The molecule has 0 saturated carbocycles. The first-order valence-electron chi connectivity index (χ1n) is 11.7. The van der Waals surface area contributed by atoms with Gasteiger partial charge in [-0.05, 0) is 74.3 Å². The first kappa shape index (κ1) is 21.5. The van der Waals surface area contributed by atoms with Crippen LogP contribution in [0.25, 0.3) is 16.6 Å². The predicted molar refractivity (Wildman–Crippen MR) is 127 cm³/mol. The van der Waals surface area contributed by atoms with Crippen molar-refractivity contribution >= 4 is 16.7 Å². The first-order valence-corrected chi connectivity index (χ1v) is 11.7. The van der Waals surface area contributed by atoms with Crippen LogP contribution in [0.15, 0.2) is 35.4 Å². The molecule has 2 aromatic heterocycles. The summed E-state index contributed by atoms with van der Waals surface area (Å²) in [6.07, 6.45) is 11.0. The van der Waals surface area contributed by atoms with Crippen molar-refractivity contribution in [3.63, 3.8) is 0 Å². The Kier molecular flexibility index (Phi) is 5.79. The van der Waals surface area contributed by atoms with Gasteiger partial charge in [-0.2, -0.15) is 0 Å². The minimum Gasteiger partial charge on any atom is -0.493 e. The van der Waals surface area contributed by atoms with E-state index in [1.807, 2.05) is 17.2 Å². The molecule has 172 valence electrons. The summed E-state index contributed by atoms with van der Waals surface area (Å²) in [5, 5.41) is 0.984. The van der Waals surface area contributed by atoms with Gasteiger partial charge in [0.05, 0.1) is 25.2 Å². The monoisotopic (exact) mass is 447 g/mol. The van der Waals surface area contributed by atoms with Crippen LogP contribution in [0.2, 0.25) is 0 Å². The Balaban J connectivity index is 1.73. The van der Waals surface area contributed by atoms with Crippen LogP contribution < -0.4 is 15.0 Å². The zero-order valence-corrected chi connectivity index (χ0v) is 19.2. The number of likely N-dealkylation sites (tertiary alicyclic amines) is 1. The fourth-order valence-electron chi connectivity index (χ4n) is 5.01. The second-order valence-electron chi connectivity index (χ2n) is 8.84. The standard InChI is InChI=1S/C26H29N3O4/c1-32-22-13-19-20(14-23(22)33-2)26(31)29(16-21(19)25(30)28-10-6-3-7-11-28)24-12-17-8-4-5-9-18(17)15-27-24/h12-16H,3-11H2,1-2H3. The third kappa shape index (κ3) is 3.86. The molecule has 1 aliphatic heterocycles. The Hall–Kier alpha value is -3.35. The van der Waals surface area contributed by atoms with Gasteiger partial charge >= 0.3 is 0 Å². The molecule has 0 unspecified atom stereocenters. The number of rotatable bonds is 4. The van der Waals surface area contributed by atoms with Crippen molar-refractivity contribution in [2.45, 2.75) is 44.9 Å². The van der Waals surface area contributed by atoms with Crippen molar-refractivity contribution in [1.29, 1.82) is 0 Å². The number of methoxy groups -OCH3 is 2. The number of piperidine rings is 1. The highest BCUT2D eigenvalue weighted by Gasteiger charge is 2.24. The molecule has 5 rings (SSSR count). The van der Waals surface area contributed by atoms with Crippen LogP contribution in [-0.4, -0.2) is 47.7 Å². The number of benzene rings is 1. The van der Waals surface area contributed by atoms with Crippen molar-refractivity contribution in [1.82, 2.24) is 14.5 Å². The van der Waals surface area contributed by atoms with E-state index in [1.165, 1.54) is 29.2 Å². The molecule has 0 N–H and O–H groups in total. The topological polar surface area (TPSA) is 73.7 Å². The van der Waals surface area contributed by atoms with Crippen LogP contribution >= 0.6 is 0 Å². The molecule has 2 aliphatic rings. The average Bonchev–Trinajstić information content (AvgIpc) is 2.88. The summed E-state index contributed by atoms with van der Waals surface area (Å²) in [4.78, 5) is 33.7. The molecular formula is C26H29N3O4. The van der Waals surface area contributed by atoms with E-state index < -0.39 is 0 Å². The van der Waals surface area contributed by atoms with Crippen LogP contribution in [0.5, 0.6) is 11.5 Å². The Bertz CT molecular complexity index is 1270. The molecule has 3 heterocycles. The Morgan fingerprint density at radius 1 is 0.879 bits per heavy atom. The number of hydrogen-bond donors (Lipinski definition) is 0. The van der Waals surface area contributed by atoms with Crippen molar-refractivity contribution < 1.29 is 14.3 Å². The summed E-state index contributed by atoms with van der Waals surface area (Å²) in [7, 11) is 3.09. The fraction of sp³-hybridized carbons (Fsp3) is 0.423. The molecule has 7 nitrogen and oxygen atoms in total. The quantitative estimate of drug-likeness (QED) is 0.606. The van der Waals surface area contributed by atoms with Gasteiger partial charge in [-0.1, -0.05) is 0 Å². The lowest BCUT2D eigenvalue weighted by molar-refractivity contribution is 0.0725. The summed E-state index contributed by atoms with van der Waals surface area (Å²) in [6.45, 7) is 1.45. The molecule has 0 radical (unpaired) electrons. The molecule has 1 saturated heterocycles. The summed E-state index contributed by atoms with van der Waals surface area (Å²) in [5.41, 5.74) is 2.72. The number of aryl methyl sites for hydroxylation is 2. The molecule has 33 heavy (non-hydrogen) atoms. The van der Waals surface area contributed by atoms with E-state index in [4.69, 9.17) is 9.47 Å². The SMILES string of the molecule is COc1cc2c(C(=O)N3CCCCC3)cn(-c3cc4c(cn3)CCCC4)c(=O)c2cc1OC. The van der Waals surface area contributed by atoms with E-state index in [-0.39, 0.29) is 11.5 Å². The van der Waals surface area contributed by atoms with Crippen molar-refractivity contribution in [2.24, 2.45) is 0 Å². The summed E-state index contributed by atoms with van der Waals surface area (Å²) in [6, 6.07) is 5.40. The zero-order chi connectivity index (χ0) is 22.9. The number of fused-ring (bicyclic) bond motifs is 2. The van der Waals surface area contributed by atoms with Crippen molar-refractivity contribution in [3.05, 3.63) is 57.6 Å². The lowest BCUT2D eigenvalue weighted by Gasteiger charge is -2.27. The van der Waals surface area contributed by atoms with E-state index in [0.717, 1.165) is 51.6 Å². The van der Waals surface area contributed by atoms with E-state index in [1.54, 1.807) is 25.4 Å². The molecule has 1 amide bonds. The van der Waals surface area contributed by atoms with Gasteiger partial charge in [0.2, 0.25) is 0 Å². The van der Waals surface area contributed by atoms with E-state index in [9.17, 15) is 9.59 Å². The van der Waals surface area contributed by atoms with E-state index in [2.05, 4.69) is 4.98 Å². The lowest BCUT2D eigenvalue weighted by Crippen LogP contribution is -2.36. The van der Waals surface area contributed by atoms with Crippen LogP contribution in [-0.2, 0) is 12.8 Å². The number of carbonyl (C=O) groups excluding carboxylic acids is 1. The van der Waals surface area contributed by atoms with Gasteiger partial charge in [-0.25, -0.2) is 4.98 Å². The Morgan fingerprint density at radius 3 is 2.24 bits per heavy atom. The van der Waals surface area contributed by atoms with Gasteiger partial charge in [-0.15, -0.1) is 0 Å². The molecule has 1 aliphatic carbocycles. The smallest absolute Gasteiger partial charge is 0.264 e. The van der Waals surface area contributed by atoms with Crippen LogP contribution in [0.3, 0.4) is 0 Å². The predicted octanol–water partition coefficient (Wildman–Crippen LogP) is 3.91. The van der Waals surface area contributed by atoms with Crippen LogP contribution in [0.1, 0.15) is 53.6 Å². The van der Waals surface area contributed by atoms with Gasteiger partial charge in [0.15, 0.2) is 11.5 Å². The second-order valence-corrected chi connectivity index (χ2v) is 8.84. The Labute approximate surface area is 192 Å². The van der Waals surface area contributed by atoms with Gasteiger partial charge in [0.1, 0.15) is 5.82 Å². The maximum atomic E-state index is 13.6. The minimum absolute atomic E-state index is 0.0707. The number of hydrogen-bond acceptors (Lipinski definition) is 5. The third-order valence-electron chi connectivity index (χ3n) is 6.85. The normalized spacial score (nSPS) is 15.9. The number of carbonyl (C=O) groups is 1. The van der Waals surface area contributed by atoms with Crippen LogP contribution in [0.4, 0.5) is 0 Å². The van der Waals surface area contributed by atoms with Gasteiger partial charge in [-0.3, -0.25) is 14.2 Å². The summed E-state index contributed by atoms with van der Waals surface area (Å²) in [5.74, 6) is 1.42. The average molecular weight is 448 g/mol. The Morgan fingerprint density at radius 2 is 1.55 bits per heavy atom. The first-order chi connectivity index (χ1) is 16.1. The summed E-state index contributed by atoms with van der Waals surface area (Å²) >= 11 is 0. The van der Waals surface area contributed by atoms with E-state index >= 15 is 0 Å². The van der Waals surface area contributed by atoms with Gasteiger partial charge in [0.25, 0.3) is 11.5 Å². The largest absolute Gasteiger partial charge is 0.493 e. The fourth-order valence-corrected chi connectivity index (χ4v) is 5.01. The molecular weight excluding hydrogens is 418 g/mol. The van der Waals surface area contributed by atoms with Crippen LogP contribution in [0, 0.1) is 0 Å². The molecule has 1 fully saturated rings. The van der Waals surface area contributed by atoms with Gasteiger partial charge < -0.3 is 14.4 Å². The van der Waals surface area contributed by atoms with Crippen molar-refractivity contribution in [2.75, 3.05) is 27.3 Å². The lowest BCUT2D eigenvalue weighted by atomic mass is 9.93. The number of amides is 1. The highest BCUT2D eigenvalue weighted by Crippen LogP contribution is 2.33. The maximum absolute atomic E-state index is 13.6. The molecule has 7 heteroatoms. The molecule has 0 spiro atoms. The number of nitrogens with zero attached hydrogens (tertiary/aromatic N) is 3. The zero-order valence-electron chi connectivity index (χ0n) is 19.2. The summed E-state index contributed by atoms with van der Waals surface area (Å²) < 4.78 is 12.4. The maximum Gasteiger partial charge on any atom is 0.264 e. The molecule has 0 bridgehead atoms. The van der Waals surface area contributed by atoms with E-state index in [0.29, 0.717) is 33.7 Å². The minimum atomic E-state index is -0.232. The highest BCUT2D eigenvalue weighted by molar-refractivity contribution is 6.07. The van der Waals surface area contributed by atoms with Crippen molar-refractivity contribution in [3.8, 4) is 17.3 Å². The molecule has 0 atom stereocenters. The second kappa shape index (κ2) is 8.89. The highest BCUT2D eigenvalue weighted by atomic mass is 16.5. The van der Waals surface area contributed by atoms with Gasteiger partial charge in [0, 0.05) is 30.9 Å². The molecule has 3 aromatic rings. The number of ether oxygens (including phenoxy) is 2. The number of pyridine rings is 2. The number of aromatic nitrogens is 2.